The highest BCUT2D eigenvalue weighted by atomic mass is 28.3. The number of amides is 3. The summed E-state index contributed by atoms with van der Waals surface area (Å²) in [4.78, 5) is 46.3. The molecule has 1 spiro atoms. The fraction of sp³-hybridized carbons (Fsp3) is 0.306. The molecule has 10 nitrogen and oxygen atoms in total. The Balaban J connectivity index is 1.11. The highest BCUT2D eigenvalue weighted by molar-refractivity contribution is 6.91. The topological polar surface area (TPSA) is 112 Å². The third kappa shape index (κ3) is 7.57. The number of aliphatic hydroxyl groups excluding tert-OH is 1. The van der Waals surface area contributed by atoms with Crippen LogP contribution in [0.15, 0.2) is 139 Å². The summed E-state index contributed by atoms with van der Waals surface area (Å²) in [7, 11) is -0.861. The summed E-state index contributed by atoms with van der Waals surface area (Å²) < 4.78 is 12.8. The molecular formula is C49H52N4O6Si. The molecule has 5 aromatic carbocycles. The zero-order valence-electron chi connectivity index (χ0n) is 34.7. The number of carbonyl (C=O) groups excluding carboxylic acids is 3. The number of benzene rings is 5. The molecule has 3 aliphatic heterocycles. The van der Waals surface area contributed by atoms with Gasteiger partial charge in [-0.05, 0) is 52.6 Å². The van der Waals surface area contributed by atoms with E-state index in [1.165, 1.54) is 10.2 Å². The number of carbonyl (C=O) groups is 3. The van der Waals surface area contributed by atoms with Crippen LogP contribution in [0.25, 0.3) is 0 Å². The fourth-order valence-corrected chi connectivity index (χ4v) is 13.7. The third-order valence-corrected chi connectivity index (χ3v) is 17.1. The average Bonchev–Trinajstić information content (AvgIpc) is 3.70. The normalized spacial score (nSPS) is 21.3. The second-order valence-corrected chi connectivity index (χ2v) is 21.3. The molecule has 3 amide bonds. The molecule has 0 aliphatic carbocycles. The van der Waals surface area contributed by atoms with Gasteiger partial charge in [0.2, 0.25) is 11.8 Å². The van der Waals surface area contributed by atoms with Crippen LogP contribution in [-0.2, 0) is 37.8 Å². The third-order valence-electron chi connectivity index (χ3n) is 12.7. The average molecular weight is 821 g/mol. The Morgan fingerprint density at radius 1 is 0.867 bits per heavy atom. The van der Waals surface area contributed by atoms with Crippen molar-refractivity contribution in [3.8, 4) is 5.75 Å². The number of hydrazone groups is 1. The minimum Gasteiger partial charge on any atom is -0.497 e. The van der Waals surface area contributed by atoms with Crippen LogP contribution in [-0.4, -0.2) is 67.9 Å². The maximum atomic E-state index is 15.3. The molecule has 11 heteroatoms. The summed E-state index contributed by atoms with van der Waals surface area (Å²) in [6, 6.07) is 43.4. The molecule has 8 rings (SSSR count). The first-order valence-electron chi connectivity index (χ1n) is 20.8. The number of aliphatic hydroxyl groups is 1. The molecule has 0 radical (unpaired) electrons. The van der Waals surface area contributed by atoms with E-state index < -0.39 is 19.8 Å². The van der Waals surface area contributed by atoms with E-state index in [-0.39, 0.29) is 55.3 Å². The molecular weight excluding hydrogens is 769 g/mol. The highest BCUT2D eigenvalue weighted by Crippen LogP contribution is 2.60. The Morgan fingerprint density at radius 2 is 1.53 bits per heavy atom. The first-order valence-corrected chi connectivity index (χ1v) is 23.8. The minimum absolute atomic E-state index is 0.0661. The van der Waals surface area contributed by atoms with Gasteiger partial charge in [-0.15, -0.1) is 0 Å². The maximum absolute atomic E-state index is 15.3. The van der Waals surface area contributed by atoms with Gasteiger partial charge < -0.3 is 24.4 Å². The van der Waals surface area contributed by atoms with Crippen molar-refractivity contribution >= 4 is 48.1 Å². The lowest BCUT2D eigenvalue weighted by molar-refractivity contribution is -0.150. The first-order chi connectivity index (χ1) is 29.0. The molecule has 308 valence electrons. The van der Waals surface area contributed by atoms with Crippen molar-refractivity contribution in [1.82, 2.24) is 4.90 Å². The number of fused-ring (bicyclic) bond motifs is 2. The number of ether oxygens (including phenoxy) is 2. The molecule has 1 fully saturated rings. The van der Waals surface area contributed by atoms with Crippen molar-refractivity contribution in [2.45, 2.75) is 69.6 Å². The minimum atomic E-state index is -2.51. The molecule has 0 aromatic heterocycles. The van der Waals surface area contributed by atoms with Crippen LogP contribution in [0, 0.1) is 5.92 Å². The van der Waals surface area contributed by atoms with Crippen molar-refractivity contribution in [2.75, 3.05) is 30.2 Å². The molecule has 5 aromatic rings. The number of anilines is 2. The van der Waals surface area contributed by atoms with Crippen LogP contribution in [0.2, 0.25) is 18.6 Å². The Bertz CT molecular complexity index is 2370. The Hall–Kier alpha value is -5.88. The summed E-state index contributed by atoms with van der Waals surface area (Å²) in [5.41, 5.74) is 4.50. The van der Waals surface area contributed by atoms with Gasteiger partial charge in [0, 0.05) is 37.4 Å². The van der Waals surface area contributed by atoms with Crippen molar-refractivity contribution in [1.29, 1.82) is 0 Å². The summed E-state index contributed by atoms with van der Waals surface area (Å²) in [5.74, 6) is 0.124. The molecule has 0 unspecified atom stereocenters. The molecule has 1 N–H and O–H groups in total. The van der Waals surface area contributed by atoms with E-state index in [1.54, 1.807) is 12.0 Å². The Morgan fingerprint density at radius 3 is 2.22 bits per heavy atom. The molecule has 1 saturated heterocycles. The van der Waals surface area contributed by atoms with Crippen LogP contribution in [0.1, 0.15) is 48.4 Å². The molecule has 0 bridgehead atoms. The number of rotatable bonds is 13. The number of hydrogen-bond acceptors (Lipinski definition) is 7. The lowest BCUT2D eigenvalue weighted by atomic mass is 9.82. The van der Waals surface area contributed by atoms with Crippen LogP contribution in [0.4, 0.5) is 11.4 Å². The lowest BCUT2D eigenvalue weighted by Gasteiger charge is -2.37. The number of hydrogen-bond donors (Lipinski definition) is 1. The zero-order valence-corrected chi connectivity index (χ0v) is 35.7. The molecule has 4 atom stereocenters. The summed E-state index contributed by atoms with van der Waals surface area (Å²) in [6.07, 6.45) is 0.442. The van der Waals surface area contributed by atoms with Gasteiger partial charge in [-0.25, -0.2) is 5.01 Å². The second-order valence-electron chi connectivity index (χ2n) is 16.6. The van der Waals surface area contributed by atoms with Gasteiger partial charge in [0.25, 0.3) is 5.91 Å². The van der Waals surface area contributed by atoms with Crippen LogP contribution >= 0.6 is 0 Å². The summed E-state index contributed by atoms with van der Waals surface area (Å²) in [5, 5.41) is 17.4. The SMILES string of the molecule is COc1ccc([Si](C)(C)[C@H]2[C@H](CC(=O)N(CCO)Cc3ccccc3)O[C@@]3(C(=O)N(Cc4ccc(N5N=C(c6ccccc6)CCC5=O)cc4)c4ccccc43)[C@@H]2C)cc1. The second kappa shape index (κ2) is 17.0. The van der Waals surface area contributed by atoms with Gasteiger partial charge in [0.15, 0.2) is 5.60 Å². The van der Waals surface area contributed by atoms with Gasteiger partial charge in [0.1, 0.15) is 5.75 Å². The standard InChI is InChI=1S/C49H52N4O6Si/c1-34-47(60(3,4)40-25-23-39(58-2)24-26-40)44(31-46(56)51(29-30-54)32-35-13-7-5-8-14-35)59-49(34)41-17-11-12-18-43(41)52(48(49)57)33-36-19-21-38(22-20-36)53-45(55)28-27-42(50-53)37-15-9-6-10-16-37/h5-26,34,44,47,54H,27-33H2,1-4H3/t34-,44+,47-,49+/m1/s1. The summed E-state index contributed by atoms with van der Waals surface area (Å²) >= 11 is 0. The van der Waals surface area contributed by atoms with Crippen molar-refractivity contribution in [2.24, 2.45) is 11.0 Å². The van der Waals surface area contributed by atoms with Crippen LogP contribution in [0.3, 0.4) is 0 Å². The molecule has 3 heterocycles. The van der Waals surface area contributed by atoms with Gasteiger partial charge >= 0.3 is 0 Å². The quantitative estimate of drug-likeness (QED) is 0.124. The van der Waals surface area contributed by atoms with Gasteiger partial charge in [-0.3, -0.25) is 14.4 Å². The predicted molar refractivity (Wildman–Crippen MR) is 237 cm³/mol. The van der Waals surface area contributed by atoms with Crippen molar-refractivity contribution in [3.05, 3.63) is 156 Å². The highest BCUT2D eigenvalue weighted by Gasteiger charge is 2.66. The van der Waals surface area contributed by atoms with E-state index in [9.17, 15) is 14.7 Å². The number of nitrogens with zero attached hydrogens (tertiary/aromatic N) is 4. The number of para-hydroxylation sites is 1. The van der Waals surface area contributed by atoms with Crippen molar-refractivity contribution < 1.29 is 29.0 Å². The van der Waals surface area contributed by atoms with E-state index in [0.29, 0.717) is 25.1 Å². The maximum Gasteiger partial charge on any atom is 0.264 e. The lowest BCUT2D eigenvalue weighted by Crippen LogP contribution is -2.52. The Labute approximate surface area is 353 Å². The van der Waals surface area contributed by atoms with Gasteiger partial charge in [0.05, 0.1) is 57.9 Å². The smallest absolute Gasteiger partial charge is 0.264 e. The first kappa shape index (κ1) is 40.9. The van der Waals surface area contributed by atoms with E-state index in [0.717, 1.165) is 39.4 Å². The van der Waals surface area contributed by atoms with E-state index in [1.807, 2.05) is 126 Å². The zero-order chi connectivity index (χ0) is 42.0. The van der Waals surface area contributed by atoms with Gasteiger partial charge in [-0.2, -0.15) is 5.10 Å². The summed E-state index contributed by atoms with van der Waals surface area (Å²) in [6.45, 7) is 7.39. The predicted octanol–water partition coefficient (Wildman–Crippen LogP) is 7.40. The van der Waals surface area contributed by atoms with Gasteiger partial charge in [-0.1, -0.05) is 128 Å². The Kier molecular flexibility index (Phi) is 11.6. The van der Waals surface area contributed by atoms with E-state index in [4.69, 9.17) is 14.6 Å². The fourth-order valence-electron chi connectivity index (χ4n) is 9.66. The van der Waals surface area contributed by atoms with Crippen LogP contribution in [0.5, 0.6) is 5.75 Å². The monoisotopic (exact) mass is 820 g/mol. The van der Waals surface area contributed by atoms with E-state index in [2.05, 4.69) is 32.2 Å². The number of methoxy groups -OCH3 is 1. The van der Waals surface area contributed by atoms with E-state index >= 15 is 4.79 Å². The van der Waals surface area contributed by atoms with Crippen molar-refractivity contribution in [3.63, 3.8) is 0 Å². The van der Waals surface area contributed by atoms with Crippen LogP contribution < -0.4 is 19.8 Å². The molecule has 0 saturated carbocycles. The molecule has 3 aliphatic rings. The molecule has 60 heavy (non-hydrogen) atoms. The largest absolute Gasteiger partial charge is 0.497 e.